The topological polar surface area (TPSA) is 126 Å². The summed E-state index contributed by atoms with van der Waals surface area (Å²) in [7, 11) is -4.07. The van der Waals surface area contributed by atoms with Crippen LogP contribution in [0, 0.1) is 0 Å². The van der Waals surface area contributed by atoms with Crippen LogP contribution in [-0.4, -0.2) is 37.5 Å². The lowest BCUT2D eigenvalue weighted by atomic mass is 10.1. The fourth-order valence-electron chi connectivity index (χ4n) is 1.34. The number of sulfonamides is 1. The average Bonchev–Trinajstić information content (AvgIpc) is 2.67. The van der Waals surface area contributed by atoms with Crippen molar-refractivity contribution in [2.75, 3.05) is 6.54 Å². The standard InChI is InChI=1S/C11H15BrN2O6S/c1-11(2,3)14-8(15)5-13-21(18,19)7-4-6(10(16)17)20-9(7)12/h4,13H,5H2,1-3H3,(H,14,15)(H,16,17). The Morgan fingerprint density at radius 3 is 2.38 bits per heavy atom. The Morgan fingerprint density at radius 1 is 1.38 bits per heavy atom. The third kappa shape index (κ3) is 5.14. The van der Waals surface area contributed by atoms with E-state index in [4.69, 9.17) is 9.52 Å². The predicted molar refractivity (Wildman–Crippen MR) is 76.5 cm³/mol. The number of rotatable bonds is 5. The van der Waals surface area contributed by atoms with Gasteiger partial charge in [-0.15, -0.1) is 0 Å². The SMILES string of the molecule is CC(C)(C)NC(=O)CNS(=O)(=O)c1cc(C(=O)O)oc1Br. The molecule has 1 heterocycles. The van der Waals surface area contributed by atoms with E-state index in [1.807, 2.05) is 0 Å². The first kappa shape index (κ1) is 17.7. The molecule has 1 amide bonds. The van der Waals surface area contributed by atoms with Crippen molar-refractivity contribution in [1.82, 2.24) is 10.0 Å². The third-order valence-electron chi connectivity index (χ3n) is 2.09. The second-order valence-electron chi connectivity index (χ2n) is 5.18. The summed E-state index contributed by atoms with van der Waals surface area (Å²) in [6.07, 6.45) is 0. The van der Waals surface area contributed by atoms with Gasteiger partial charge in [0.05, 0.1) is 6.54 Å². The van der Waals surface area contributed by atoms with E-state index in [0.29, 0.717) is 0 Å². The Kier molecular flexibility index (Phi) is 5.18. The van der Waals surface area contributed by atoms with Crippen molar-refractivity contribution in [1.29, 1.82) is 0 Å². The molecular formula is C11H15BrN2O6S. The Labute approximate surface area is 130 Å². The Morgan fingerprint density at radius 2 is 1.95 bits per heavy atom. The molecule has 0 spiro atoms. The number of furan rings is 1. The Bertz CT molecular complexity index is 659. The van der Waals surface area contributed by atoms with Crippen molar-refractivity contribution in [3.63, 3.8) is 0 Å². The number of carboxylic acids is 1. The highest BCUT2D eigenvalue weighted by Crippen LogP contribution is 2.25. The van der Waals surface area contributed by atoms with Crippen molar-refractivity contribution in [2.24, 2.45) is 0 Å². The quantitative estimate of drug-likeness (QED) is 0.695. The summed E-state index contributed by atoms with van der Waals surface area (Å²) in [5.41, 5.74) is -0.491. The van der Waals surface area contributed by atoms with Gasteiger partial charge in [-0.05, 0) is 36.7 Å². The minimum absolute atomic E-state index is 0.247. The summed E-state index contributed by atoms with van der Waals surface area (Å²) in [4.78, 5) is 21.9. The zero-order valence-corrected chi connectivity index (χ0v) is 14.0. The van der Waals surface area contributed by atoms with Crippen LogP contribution in [0.5, 0.6) is 0 Å². The molecule has 118 valence electrons. The third-order valence-corrected chi connectivity index (χ3v) is 4.35. The van der Waals surface area contributed by atoms with Crippen molar-refractivity contribution in [3.05, 3.63) is 16.5 Å². The van der Waals surface area contributed by atoms with Crippen molar-refractivity contribution < 1.29 is 27.5 Å². The molecule has 0 fully saturated rings. The summed E-state index contributed by atoms with van der Waals surface area (Å²) >= 11 is 2.83. The van der Waals surface area contributed by atoms with Gasteiger partial charge in [-0.2, -0.15) is 0 Å². The van der Waals surface area contributed by atoms with Crippen LogP contribution in [0.15, 0.2) is 20.0 Å². The van der Waals surface area contributed by atoms with E-state index >= 15 is 0 Å². The van der Waals surface area contributed by atoms with Gasteiger partial charge in [-0.25, -0.2) is 17.9 Å². The van der Waals surface area contributed by atoms with Gasteiger partial charge in [0.1, 0.15) is 4.90 Å². The number of aromatic carboxylic acids is 1. The summed E-state index contributed by atoms with van der Waals surface area (Å²) < 4.78 is 30.5. The number of hydrogen-bond donors (Lipinski definition) is 3. The Hall–Kier alpha value is -1.39. The molecule has 0 aliphatic rings. The van der Waals surface area contributed by atoms with Crippen LogP contribution < -0.4 is 10.0 Å². The van der Waals surface area contributed by atoms with Crippen molar-refractivity contribution in [2.45, 2.75) is 31.2 Å². The molecule has 1 aromatic rings. The van der Waals surface area contributed by atoms with Gasteiger partial charge in [0.15, 0.2) is 4.67 Å². The molecule has 0 saturated carbocycles. The van der Waals surface area contributed by atoms with Crippen LogP contribution in [0.1, 0.15) is 31.3 Å². The lowest BCUT2D eigenvalue weighted by molar-refractivity contribution is -0.121. The zero-order valence-electron chi connectivity index (χ0n) is 11.6. The van der Waals surface area contributed by atoms with Gasteiger partial charge in [0.25, 0.3) is 0 Å². The first-order valence-electron chi connectivity index (χ1n) is 5.76. The van der Waals surface area contributed by atoms with Gasteiger partial charge in [-0.3, -0.25) is 4.79 Å². The minimum atomic E-state index is -4.07. The molecule has 8 nitrogen and oxygen atoms in total. The maximum absolute atomic E-state index is 12.0. The van der Waals surface area contributed by atoms with E-state index in [1.54, 1.807) is 20.8 Å². The largest absolute Gasteiger partial charge is 0.475 e. The number of nitrogens with one attached hydrogen (secondary N) is 2. The molecule has 0 aliphatic heterocycles. The van der Waals surface area contributed by atoms with Gasteiger partial charge < -0.3 is 14.8 Å². The molecule has 10 heteroatoms. The van der Waals surface area contributed by atoms with Gasteiger partial charge in [0, 0.05) is 11.6 Å². The molecule has 0 saturated heterocycles. The van der Waals surface area contributed by atoms with E-state index in [9.17, 15) is 18.0 Å². The highest BCUT2D eigenvalue weighted by Gasteiger charge is 2.25. The molecule has 3 N–H and O–H groups in total. The first-order valence-corrected chi connectivity index (χ1v) is 8.03. The van der Waals surface area contributed by atoms with E-state index < -0.39 is 39.7 Å². The summed E-state index contributed by atoms with van der Waals surface area (Å²) in [5.74, 6) is -2.44. The molecule has 0 bridgehead atoms. The summed E-state index contributed by atoms with van der Waals surface area (Å²) in [5, 5.41) is 11.3. The lowest BCUT2D eigenvalue weighted by Crippen LogP contribution is -2.45. The molecule has 1 rings (SSSR count). The van der Waals surface area contributed by atoms with Crippen LogP contribution in [-0.2, 0) is 14.8 Å². The van der Waals surface area contributed by atoms with Crippen LogP contribution >= 0.6 is 15.9 Å². The normalized spacial score (nSPS) is 12.2. The van der Waals surface area contributed by atoms with Crippen LogP contribution in [0.4, 0.5) is 0 Å². The average molecular weight is 383 g/mol. The second-order valence-corrected chi connectivity index (χ2v) is 7.63. The number of halogens is 1. The second kappa shape index (κ2) is 6.16. The first-order chi connectivity index (χ1) is 9.42. The maximum atomic E-state index is 12.0. The number of amides is 1. The fraction of sp³-hybridized carbons (Fsp3) is 0.455. The lowest BCUT2D eigenvalue weighted by Gasteiger charge is -2.20. The summed E-state index contributed by atoms with van der Waals surface area (Å²) in [6.45, 7) is 4.79. The van der Waals surface area contributed by atoms with Crippen LogP contribution in [0.3, 0.4) is 0 Å². The van der Waals surface area contributed by atoms with E-state index in [-0.39, 0.29) is 9.56 Å². The number of carboxylic acid groups (broad SMARTS) is 1. The molecule has 0 atom stereocenters. The molecule has 21 heavy (non-hydrogen) atoms. The van der Waals surface area contributed by atoms with Gasteiger partial charge >= 0.3 is 5.97 Å². The van der Waals surface area contributed by atoms with Gasteiger partial charge in [-0.1, -0.05) is 0 Å². The van der Waals surface area contributed by atoms with Crippen molar-refractivity contribution in [3.8, 4) is 0 Å². The molecular weight excluding hydrogens is 368 g/mol. The molecule has 0 aromatic carbocycles. The highest BCUT2D eigenvalue weighted by atomic mass is 79.9. The summed E-state index contributed by atoms with van der Waals surface area (Å²) in [6, 6.07) is 0.858. The predicted octanol–water partition coefficient (Wildman–Crippen LogP) is 0.933. The Balaban J connectivity index is 2.83. The zero-order chi connectivity index (χ0) is 16.4. The molecule has 0 unspecified atom stereocenters. The van der Waals surface area contributed by atoms with E-state index in [0.717, 1.165) is 6.07 Å². The van der Waals surface area contributed by atoms with Gasteiger partial charge in [0.2, 0.25) is 21.7 Å². The van der Waals surface area contributed by atoms with Crippen molar-refractivity contribution >= 4 is 37.8 Å². The monoisotopic (exact) mass is 382 g/mol. The number of carbonyl (C=O) groups excluding carboxylic acids is 1. The van der Waals surface area contributed by atoms with Crippen LogP contribution in [0.2, 0.25) is 0 Å². The smallest absolute Gasteiger partial charge is 0.371 e. The van der Waals surface area contributed by atoms with E-state index in [2.05, 4.69) is 26.0 Å². The van der Waals surface area contributed by atoms with E-state index in [1.165, 1.54) is 0 Å². The maximum Gasteiger partial charge on any atom is 0.371 e. The fourth-order valence-corrected chi connectivity index (χ4v) is 3.26. The highest BCUT2D eigenvalue weighted by molar-refractivity contribution is 9.10. The molecule has 0 radical (unpaired) electrons. The number of carbonyl (C=O) groups is 2. The van der Waals surface area contributed by atoms with Crippen LogP contribution in [0.25, 0.3) is 0 Å². The molecule has 0 aliphatic carbocycles. The molecule has 1 aromatic heterocycles. The minimum Gasteiger partial charge on any atom is -0.475 e. The number of hydrogen-bond acceptors (Lipinski definition) is 5.